The van der Waals surface area contributed by atoms with Crippen molar-refractivity contribution in [1.29, 1.82) is 0 Å². The van der Waals surface area contributed by atoms with E-state index in [1.54, 1.807) is 0 Å². The number of hydrogen-bond acceptors (Lipinski definition) is 2. The van der Waals surface area contributed by atoms with Gasteiger partial charge in [-0.3, -0.25) is 4.79 Å². The van der Waals surface area contributed by atoms with E-state index in [2.05, 4.69) is 6.92 Å². The largest absolute Gasteiger partial charge is 0.337 e. The molecule has 1 aliphatic rings. The number of carbonyl (C=O) groups is 1. The Morgan fingerprint density at radius 2 is 2.21 bits per heavy atom. The highest BCUT2D eigenvalue weighted by Crippen LogP contribution is 2.23. The molecule has 19 heavy (non-hydrogen) atoms. The summed E-state index contributed by atoms with van der Waals surface area (Å²) in [4.78, 5) is 14.2. The topological polar surface area (TPSA) is 46.3 Å². The van der Waals surface area contributed by atoms with Crippen molar-refractivity contribution in [2.24, 2.45) is 11.7 Å². The van der Waals surface area contributed by atoms with Crippen LogP contribution in [0, 0.1) is 5.92 Å². The second-order valence-corrected chi connectivity index (χ2v) is 5.77. The molecule has 0 spiro atoms. The van der Waals surface area contributed by atoms with Gasteiger partial charge in [0.2, 0.25) is 5.91 Å². The van der Waals surface area contributed by atoms with Gasteiger partial charge in [-0.15, -0.1) is 0 Å². The van der Waals surface area contributed by atoms with E-state index in [1.165, 1.54) is 5.56 Å². The first kappa shape index (κ1) is 14.4. The summed E-state index contributed by atoms with van der Waals surface area (Å²) in [5.41, 5.74) is 8.46. The predicted octanol–water partition coefficient (Wildman–Crippen LogP) is 2.60. The van der Waals surface area contributed by atoms with Crippen molar-refractivity contribution in [2.75, 3.05) is 6.54 Å². The van der Waals surface area contributed by atoms with E-state index in [0.29, 0.717) is 6.54 Å². The van der Waals surface area contributed by atoms with Crippen LogP contribution in [0.3, 0.4) is 0 Å². The van der Waals surface area contributed by atoms with Crippen LogP contribution in [0.4, 0.5) is 0 Å². The van der Waals surface area contributed by atoms with Crippen LogP contribution in [-0.2, 0) is 17.8 Å². The highest BCUT2D eigenvalue weighted by molar-refractivity contribution is 6.30. The van der Waals surface area contributed by atoms with Crippen LogP contribution in [0.2, 0.25) is 5.02 Å². The van der Waals surface area contributed by atoms with Crippen LogP contribution in [0.25, 0.3) is 0 Å². The Hall–Kier alpha value is -1.06. The van der Waals surface area contributed by atoms with Gasteiger partial charge < -0.3 is 10.6 Å². The third-order valence-corrected chi connectivity index (χ3v) is 4.27. The molecule has 0 fully saturated rings. The Labute approximate surface area is 119 Å². The molecule has 1 aromatic rings. The van der Waals surface area contributed by atoms with Crippen molar-refractivity contribution < 1.29 is 4.79 Å². The molecule has 0 aliphatic carbocycles. The number of carbonyl (C=O) groups excluding carboxylic acids is 1. The third kappa shape index (κ3) is 3.10. The van der Waals surface area contributed by atoms with Gasteiger partial charge in [-0.1, -0.05) is 37.9 Å². The molecular formula is C15H21ClN2O. The van der Waals surface area contributed by atoms with E-state index in [9.17, 15) is 4.79 Å². The van der Waals surface area contributed by atoms with Gasteiger partial charge in [-0.05, 0) is 35.6 Å². The van der Waals surface area contributed by atoms with Gasteiger partial charge in [0.1, 0.15) is 0 Å². The predicted molar refractivity (Wildman–Crippen MR) is 78.0 cm³/mol. The fourth-order valence-electron chi connectivity index (χ4n) is 2.42. The van der Waals surface area contributed by atoms with Crippen LogP contribution in [0.5, 0.6) is 0 Å². The molecule has 2 unspecified atom stereocenters. The lowest BCUT2D eigenvalue weighted by molar-refractivity contribution is -0.134. The summed E-state index contributed by atoms with van der Waals surface area (Å²) in [5, 5.41) is 0.722. The zero-order valence-corrected chi connectivity index (χ0v) is 12.3. The van der Waals surface area contributed by atoms with E-state index < -0.39 is 6.04 Å². The fourth-order valence-corrected chi connectivity index (χ4v) is 2.62. The first-order chi connectivity index (χ1) is 9.02. The SMILES string of the molecule is CCC(C)C(N)C(=O)N1CCc2ccc(Cl)cc2C1. The standard InChI is InChI=1S/C15H21ClN2O/c1-3-10(2)14(17)15(19)18-7-6-11-4-5-13(16)8-12(11)9-18/h4-5,8,10,14H,3,6-7,9,17H2,1-2H3. The molecule has 0 aromatic heterocycles. The summed E-state index contributed by atoms with van der Waals surface area (Å²) >= 11 is 6.01. The van der Waals surface area contributed by atoms with Gasteiger partial charge in [-0.2, -0.15) is 0 Å². The molecule has 1 amide bonds. The maximum absolute atomic E-state index is 12.4. The van der Waals surface area contributed by atoms with Crippen molar-refractivity contribution in [3.05, 3.63) is 34.3 Å². The summed E-state index contributed by atoms with van der Waals surface area (Å²) in [6.45, 7) is 5.46. The lowest BCUT2D eigenvalue weighted by atomic mass is 9.96. The number of hydrogen-bond donors (Lipinski definition) is 1. The van der Waals surface area contributed by atoms with Crippen LogP contribution < -0.4 is 5.73 Å². The second-order valence-electron chi connectivity index (χ2n) is 5.33. The molecule has 2 N–H and O–H groups in total. The van der Waals surface area contributed by atoms with Crippen molar-refractivity contribution in [3.8, 4) is 0 Å². The number of benzene rings is 1. The summed E-state index contributed by atoms with van der Waals surface area (Å²) < 4.78 is 0. The number of halogens is 1. The smallest absolute Gasteiger partial charge is 0.240 e. The molecular weight excluding hydrogens is 260 g/mol. The maximum Gasteiger partial charge on any atom is 0.240 e. The van der Waals surface area contributed by atoms with E-state index in [-0.39, 0.29) is 11.8 Å². The molecule has 4 heteroatoms. The first-order valence-corrected chi connectivity index (χ1v) is 7.22. The van der Waals surface area contributed by atoms with Crippen molar-refractivity contribution >= 4 is 17.5 Å². The molecule has 0 bridgehead atoms. The zero-order chi connectivity index (χ0) is 14.0. The van der Waals surface area contributed by atoms with E-state index in [0.717, 1.165) is 30.0 Å². The molecule has 2 atom stereocenters. The lowest BCUT2D eigenvalue weighted by Gasteiger charge is -2.32. The Morgan fingerprint density at radius 1 is 1.47 bits per heavy atom. The minimum atomic E-state index is -0.397. The van der Waals surface area contributed by atoms with Gasteiger partial charge in [0, 0.05) is 18.1 Å². The Balaban J connectivity index is 2.11. The molecule has 104 valence electrons. The number of nitrogens with two attached hydrogens (primary N) is 1. The van der Waals surface area contributed by atoms with E-state index in [4.69, 9.17) is 17.3 Å². The fraction of sp³-hybridized carbons (Fsp3) is 0.533. The number of fused-ring (bicyclic) bond motifs is 1. The Morgan fingerprint density at radius 3 is 2.89 bits per heavy atom. The second kappa shape index (κ2) is 5.93. The summed E-state index contributed by atoms with van der Waals surface area (Å²) in [6, 6.07) is 5.51. The van der Waals surface area contributed by atoms with Crippen molar-refractivity contribution in [2.45, 2.75) is 39.3 Å². The van der Waals surface area contributed by atoms with Gasteiger partial charge in [-0.25, -0.2) is 0 Å². The van der Waals surface area contributed by atoms with Gasteiger partial charge in [0.25, 0.3) is 0 Å². The Kier molecular flexibility index (Phi) is 4.48. The molecule has 1 aromatic carbocycles. The Bertz CT molecular complexity index is 475. The van der Waals surface area contributed by atoms with E-state index in [1.807, 2.05) is 30.0 Å². The molecule has 0 saturated carbocycles. The normalized spacial score (nSPS) is 17.8. The average molecular weight is 281 g/mol. The minimum Gasteiger partial charge on any atom is -0.337 e. The molecule has 1 heterocycles. The van der Waals surface area contributed by atoms with E-state index >= 15 is 0 Å². The molecule has 1 aliphatic heterocycles. The average Bonchev–Trinajstić information content (AvgIpc) is 2.43. The van der Waals surface area contributed by atoms with Crippen LogP contribution in [0.15, 0.2) is 18.2 Å². The molecule has 3 nitrogen and oxygen atoms in total. The summed E-state index contributed by atoms with van der Waals surface area (Å²) in [6.07, 6.45) is 1.80. The quantitative estimate of drug-likeness (QED) is 0.925. The minimum absolute atomic E-state index is 0.0555. The maximum atomic E-state index is 12.4. The highest BCUT2D eigenvalue weighted by Gasteiger charge is 2.27. The zero-order valence-electron chi connectivity index (χ0n) is 11.5. The summed E-state index contributed by atoms with van der Waals surface area (Å²) in [5.74, 6) is 0.272. The van der Waals surface area contributed by atoms with Gasteiger partial charge in [0.05, 0.1) is 6.04 Å². The number of amides is 1. The van der Waals surface area contributed by atoms with Crippen molar-refractivity contribution in [3.63, 3.8) is 0 Å². The third-order valence-electron chi connectivity index (χ3n) is 4.03. The molecule has 2 rings (SSSR count). The van der Waals surface area contributed by atoms with Crippen LogP contribution in [-0.4, -0.2) is 23.4 Å². The summed E-state index contributed by atoms with van der Waals surface area (Å²) in [7, 11) is 0. The molecule has 0 saturated heterocycles. The first-order valence-electron chi connectivity index (χ1n) is 6.84. The highest BCUT2D eigenvalue weighted by atomic mass is 35.5. The van der Waals surface area contributed by atoms with Crippen molar-refractivity contribution in [1.82, 2.24) is 4.90 Å². The monoisotopic (exact) mass is 280 g/mol. The van der Waals surface area contributed by atoms with Crippen LogP contribution in [0.1, 0.15) is 31.4 Å². The number of rotatable bonds is 3. The lowest BCUT2D eigenvalue weighted by Crippen LogP contribution is -2.48. The van der Waals surface area contributed by atoms with Crippen LogP contribution >= 0.6 is 11.6 Å². The number of nitrogens with zero attached hydrogens (tertiary/aromatic N) is 1. The van der Waals surface area contributed by atoms with Gasteiger partial charge in [0.15, 0.2) is 0 Å². The molecule has 0 radical (unpaired) electrons. The van der Waals surface area contributed by atoms with Gasteiger partial charge >= 0.3 is 0 Å².